The fraction of sp³-hybridized carbons (Fsp3) is 0.219. The molecule has 0 aliphatic rings. The molecule has 0 radical (unpaired) electrons. The zero-order valence-corrected chi connectivity index (χ0v) is 24.0. The summed E-state index contributed by atoms with van der Waals surface area (Å²) in [6.45, 7) is 0.180. The first-order chi connectivity index (χ1) is 20.3. The maximum absolute atomic E-state index is 14.3. The van der Waals surface area contributed by atoms with Crippen LogP contribution >= 0.6 is 0 Å². The summed E-state index contributed by atoms with van der Waals surface area (Å²) in [5.74, 6) is -1.30. The number of rotatable bonds is 13. The number of ether oxygens (including phenoxy) is 3. The molecule has 2 atom stereocenters. The van der Waals surface area contributed by atoms with Gasteiger partial charge in [-0.05, 0) is 65.9 Å². The number of sulfone groups is 1. The van der Waals surface area contributed by atoms with Crippen molar-refractivity contribution in [3.63, 3.8) is 0 Å². The van der Waals surface area contributed by atoms with Gasteiger partial charge in [0.15, 0.2) is 21.3 Å². The van der Waals surface area contributed by atoms with Crippen LogP contribution in [-0.4, -0.2) is 33.8 Å². The summed E-state index contributed by atoms with van der Waals surface area (Å²) in [5.41, 5.74) is 3.68. The van der Waals surface area contributed by atoms with E-state index in [0.29, 0.717) is 23.5 Å². The third-order valence-corrected chi connectivity index (χ3v) is 9.12. The van der Waals surface area contributed by atoms with Gasteiger partial charge < -0.3 is 14.2 Å². The number of carbonyl (C=O) groups excluding carboxylic acids is 1. The molecule has 8 nitrogen and oxygen atoms in total. The summed E-state index contributed by atoms with van der Waals surface area (Å²) in [7, 11) is -1.38. The lowest BCUT2D eigenvalue weighted by molar-refractivity contribution is -0.133. The third kappa shape index (κ3) is 7.26. The zero-order chi connectivity index (χ0) is 30.1. The van der Waals surface area contributed by atoms with Gasteiger partial charge in [-0.15, -0.1) is 0 Å². The van der Waals surface area contributed by atoms with E-state index in [1.807, 2.05) is 30.3 Å². The third-order valence-electron chi connectivity index (χ3n) is 6.94. The summed E-state index contributed by atoms with van der Waals surface area (Å²) in [5, 5.41) is 8.29. The molecule has 10 heteroatoms. The fourth-order valence-electron chi connectivity index (χ4n) is 4.74. The van der Waals surface area contributed by atoms with E-state index in [4.69, 9.17) is 14.2 Å². The number of methoxy groups -OCH3 is 2. The first-order valence-corrected chi connectivity index (χ1v) is 14.7. The number of amides is 1. The normalized spacial score (nSPS) is 12.7. The molecular formula is C32H32FNO7S. The second kappa shape index (κ2) is 14.0. The standard InChI is InChI=1S/C32H32FNO7S/c1-39-29-19-17-27(20-30(29)40-2)42(37,38)31(28(32(35)34-36)18-10-22-6-4-3-5-7-22)24-11-15-26(16-12-24)41-21-23-8-13-25(33)14-9-23/h3-9,11-17,19-20,28,31,36H,10,18,21H2,1-2H3,(H,34,35). The number of benzene rings is 4. The van der Waals surface area contributed by atoms with Crippen molar-refractivity contribution < 1.29 is 37.0 Å². The first-order valence-electron chi connectivity index (χ1n) is 13.2. The Morgan fingerprint density at radius 1 is 0.857 bits per heavy atom. The second-order valence-corrected chi connectivity index (χ2v) is 11.6. The second-order valence-electron chi connectivity index (χ2n) is 9.57. The average molecular weight is 594 g/mol. The van der Waals surface area contributed by atoms with Gasteiger partial charge in [0.1, 0.15) is 23.4 Å². The van der Waals surface area contributed by atoms with E-state index in [2.05, 4.69) is 0 Å². The average Bonchev–Trinajstić information content (AvgIpc) is 3.02. The molecule has 0 spiro atoms. The monoisotopic (exact) mass is 593 g/mol. The summed E-state index contributed by atoms with van der Waals surface area (Å²) >= 11 is 0. The number of hydrogen-bond donors (Lipinski definition) is 2. The molecule has 42 heavy (non-hydrogen) atoms. The van der Waals surface area contributed by atoms with Crippen LogP contribution in [-0.2, 0) is 27.7 Å². The molecule has 0 aliphatic carbocycles. The number of hydrogen-bond acceptors (Lipinski definition) is 7. The lowest BCUT2D eigenvalue weighted by Gasteiger charge is -2.27. The molecule has 2 N–H and O–H groups in total. The van der Waals surface area contributed by atoms with Crippen LogP contribution < -0.4 is 19.7 Å². The van der Waals surface area contributed by atoms with Crippen molar-refractivity contribution in [3.8, 4) is 17.2 Å². The molecule has 0 fully saturated rings. The Morgan fingerprint density at radius 3 is 2.14 bits per heavy atom. The van der Waals surface area contributed by atoms with Crippen molar-refractivity contribution in [1.82, 2.24) is 5.48 Å². The van der Waals surface area contributed by atoms with E-state index >= 15 is 0 Å². The Balaban J connectivity index is 1.72. The van der Waals surface area contributed by atoms with Crippen LogP contribution in [0.1, 0.15) is 28.4 Å². The highest BCUT2D eigenvalue weighted by Crippen LogP contribution is 2.40. The number of nitrogens with one attached hydrogen (secondary N) is 1. The van der Waals surface area contributed by atoms with Gasteiger partial charge in [0, 0.05) is 6.07 Å². The minimum Gasteiger partial charge on any atom is -0.493 e. The van der Waals surface area contributed by atoms with Crippen LogP contribution in [0.25, 0.3) is 0 Å². The summed E-state index contributed by atoms with van der Waals surface area (Å²) in [6, 6.07) is 25.9. The number of hydroxylamine groups is 1. The maximum Gasteiger partial charge on any atom is 0.248 e. The van der Waals surface area contributed by atoms with E-state index in [1.54, 1.807) is 41.9 Å². The minimum atomic E-state index is -4.23. The molecule has 4 rings (SSSR count). The van der Waals surface area contributed by atoms with Gasteiger partial charge >= 0.3 is 0 Å². The number of aryl methyl sites for hydroxylation is 1. The summed E-state index contributed by atoms with van der Waals surface area (Å²) < 4.78 is 58.2. The first kappa shape index (κ1) is 30.5. The van der Waals surface area contributed by atoms with Crippen molar-refractivity contribution in [3.05, 3.63) is 120 Å². The molecule has 0 bridgehead atoms. The molecule has 4 aromatic carbocycles. The molecule has 0 aliphatic heterocycles. The van der Waals surface area contributed by atoms with Crippen LogP contribution in [0.2, 0.25) is 0 Å². The van der Waals surface area contributed by atoms with Gasteiger partial charge in [0.2, 0.25) is 5.91 Å². The van der Waals surface area contributed by atoms with Gasteiger partial charge in [0.05, 0.1) is 25.0 Å². The van der Waals surface area contributed by atoms with Gasteiger partial charge in [-0.1, -0.05) is 54.6 Å². The molecule has 0 aromatic heterocycles. The lowest BCUT2D eigenvalue weighted by atomic mass is 9.91. The van der Waals surface area contributed by atoms with Crippen molar-refractivity contribution in [2.75, 3.05) is 14.2 Å². The predicted molar refractivity (Wildman–Crippen MR) is 155 cm³/mol. The Kier molecular flexibility index (Phi) is 10.2. The van der Waals surface area contributed by atoms with Gasteiger partial charge in [-0.25, -0.2) is 18.3 Å². The summed E-state index contributed by atoms with van der Waals surface area (Å²) in [6.07, 6.45) is 0.534. The molecule has 0 saturated heterocycles. The van der Waals surface area contributed by atoms with Gasteiger partial charge in [-0.2, -0.15) is 0 Å². The molecule has 2 unspecified atom stereocenters. The lowest BCUT2D eigenvalue weighted by Crippen LogP contribution is -2.36. The Hall–Kier alpha value is -4.41. The molecule has 0 saturated carbocycles. The highest BCUT2D eigenvalue weighted by Gasteiger charge is 2.40. The Morgan fingerprint density at radius 2 is 1.52 bits per heavy atom. The van der Waals surface area contributed by atoms with Crippen LogP contribution in [0.15, 0.2) is 102 Å². The van der Waals surface area contributed by atoms with E-state index in [1.165, 1.54) is 44.6 Å². The van der Waals surface area contributed by atoms with Crippen molar-refractivity contribution >= 4 is 15.7 Å². The van der Waals surface area contributed by atoms with Crippen LogP contribution in [0.3, 0.4) is 0 Å². The highest BCUT2D eigenvalue weighted by atomic mass is 32.2. The van der Waals surface area contributed by atoms with E-state index < -0.39 is 26.9 Å². The van der Waals surface area contributed by atoms with Gasteiger partial charge in [0.25, 0.3) is 0 Å². The topological polar surface area (TPSA) is 111 Å². The minimum absolute atomic E-state index is 0.0720. The number of halogens is 1. The van der Waals surface area contributed by atoms with Crippen molar-refractivity contribution in [1.29, 1.82) is 0 Å². The van der Waals surface area contributed by atoms with Gasteiger partial charge in [-0.3, -0.25) is 10.0 Å². The largest absolute Gasteiger partial charge is 0.493 e. The SMILES string of the molecule is COc1ccc(S(=O)(=O)C(c2ccc(OCc3ccc(F)cc3)cc2)C(CCc2ccccc2)C(=O)NO)cc1OC. The summed E-state index contributed by atoms with van der Waals surface area (Å²) in [4.78, 5) is 13.0. The molecule has 1 amide bonds. The van der Waals surface area contributed by atoms with E-state index in [9.17, 15) is 22.8 Å². The van der Waals surface area contributed by atoms with Crippen LogP contribution in [0, 0.1) is 11.7 Å². The smallest absolute Gasteiger partial charge is 0.248 e. The molecule has 220 valence electrons. The van der Waals surface area contributed by atoms with Crippen LogP contribution in [0.5, 0.6) is 17.2 Å². The Bertz CT molecular complexity index is 1580. The van der Waals surface area contributed by atoms with Crippen molar-refractivity contribution in [2.45, 2.75) is 29.6 Å². The Labute approximate surface area is 244 Å². The quantitative estimate of drug-likeness (QED) is 0.151. The fourth-order valence-corrected chi connectivity index (χ4v) is 6.77. The van der Waals surface area contributed by atoms with Crippen LogP contribution in [0.4, 0.5) is 4.39 Å². The number of carbonyl (C=O) groups is 1. The molecular weight excluding hydrogens is 561 g/mol. The zero-order valence-electron chi connectivity index (χ0n) is 23.2. The maximum atomic E-state index is 14.3. The molecule has 4 aromatic rings. The predicted octanol–water partition coefficient (Wildman–Crippen LogP) is 5.69. The van der Waals surface area contributed by atoms with E-state index in [-0.39, 0.29) is 29.5 Å². The van der Waals surface area contributed by atoms with Crippen molar-refractivity contribution in [2.24, 2.45) is 5.92 Å². The highest BCUT2D eigenvalue weighted by molar-refractivity contribution is 7.91. The molecule has 0 heterocycles. The van der Waals surface area contributed by atoms with E-state index in [0.717, 1.165) is 11.1 Å².